The molecular weight excluding hydrogens is 182 g/mol. The summed E-state index contributed by atoms with van der Waals surface area (Å²) in [5.74, 6) is 0.940. The molecule has 80 valence electrons. The molecule has 0 bridgehead atoms. The largest absolute Gasteiger partial charge is 0.330 e. The Morgan fingerprint density at radius 1 is 1.15 bits per heavy atom. The first-order chi connectivity index (χ1) is 5.67. The van der Waals surface area contributed by atoms with Gasteiger partial charge in [-0.2, -0.15) is 0 Å². The van der Waals surface area contributed by atoms with Crippen LogP contribution in [-0.2, 0) is 0 Å². The molecule has 0 spiro atoms. The average molecular weight is 206 g/mol. The van der Waals surface area contributed by atoms with E-state index in [0.29, 0.717) is 5.41 Å². The normalized spacial score (nSPS) is 19.6. The van der Waals surface area contributed by atoms with Crippen LogP contribution in [0.5, 0.6) is 0 Å². The zero-order valence-electron chi connectivity index (χ0n) is 9.01. The fourth-order valence-corrected chi connectivity index (χ4v) is 2.46. The van der Waals surface area contributed by atoms with Crippen molar-refractivity contribution < 1.29 is 0 Å². The van der Waals surface area contributed by atoms with Gasteiger partial charge >= 0.3 is 0 Å². The number of rotatable bonds is 3. The van der Waals surface area contributed by atoms with Crippen molar-refractivity contribution in [1.29, 1.82) is 0 Å². The molecule has 1 saturated carbocycles. The highest BCUT2D eigenvalue weighted by atomic mass is 35.5. The second-order valence-corrected chi connectivity index (χ2v) is 4.86. The van der Waals surface area contributed by atoms with Crippen LogP contribution in [0.1, 0.15) is 52.4 Å². The van der Waals surface area contributed by atoms with E-state index < -0.39 is 0 Å². The monoisotopic (exact) mass is 205 g/mol. The summed E-state index contributed by atoms with van der Waals surface area (Å²) in [6, 6.07) is 0. The fraction of sp³-hybridized carbons (Fsp3) is 1.00. The molecule has 0 amide bonds. The summed E-state index contributed by atoms with van der Waals surface area (Å²) in [6.07, 6.45) is 8.41. The smallest absolute Gasteiger partial charge is 0.00721 e. The van der Waals surface area contributed by atoms with Gasteiger partial charge in [0.1, 0.15) is 0 Å². The van der Waals surface area contributed by atoms with E-state index in [1.54, 1.807) is 0 Å². The number of hydrogen-bond acceptors (Lipinski definition) is 1. The fourth-order valence-electron chi connectivity index (χ4n) is 2.46. The van der Waals surface area contributed by atoms with E-state index in [2.05, 4.69) is 13.8 Å². The van der Waals surface area contributed by atoms with E-state index in [0.717, 1.165) is 12.5 Å². The highest BCUT2D eigenvalue weighted by Crippen LogP contribution is 2.39. The molecule has 13 heavy (non-hydrogen) atoms. The molecule has 2 heteroatoms. The second kappa shape index (κ2) is 5.87. The van der Waals surface area contributed by atoms with Gasteiger partial charge < -0.3 is 5.73 Å². The Balaban J connectivity index is 0.00000144. The molecule has 0 radical (unpaired) electrons. The van der Waals surface area contributed by atoms with Gasteiger partial charge in [0, 0.05) is 0 Å². The number of hydrogen-bond donors (Lipinski definition) is 1. The van der Waals surface area contributed by atoms with Gasteiger partial charge in [-0.1, -0.05) is 33.1 Å². The van der Waals surface area contributed by atoms with E-state index in [-0.39, 0.29) is 12.4 Å². The first kappa shape index (κ1) is 13.2. The van der Waals surface area contributed by atoms with Gasteiger partial charge in [0.25, 0.3) is 0 Å². The minimum atomic E-state index is 0. The molecule has 0 unspecified atom stereocenters. The van der Waals surface area contributed by atoms with Crippen LogP contribution in [0.4, 0.5) is 0 Å². The van der Waals surface area contributed by atoms with Crippen molar-refractivity contribution in [3.05, 3.63) is 0 Å². The lowest BCUT2D eigenvalue weighted by Crippen LogP contribution is -2.28. The van der Waals surface area contributed by atoms with Gasteiger partial charge in [-0.3, -0.25) is 0 Å². The molecule has 0 atom stereocenters. The van der Waals surface area contributed by atoms with E-state index >= 15 is 0 Å². The Bertz CT molecular complexity index is 128. The van der Waals surface area contributed by atoms with Gasteiger partial charge in [0.05, 0.1) is 0 Å². The Morgan fingerprint density at radius 3 is 2.15 bits per heavy atom. The summed E-state index contributed by atoms with van der Waals surface area (Å²) in [6.45, 7) is 5.62. The van der Waals surface area contributed by atoms with Gasteiger partial charge in [-0.25, -0.2) is 0 Å². The first-order valence-corrected chi connectivity index (χ1v) is 5.37. The number of halogens is 1. The van der Waals surface area contributed by atoms with Gasteiger partial charge in [-0.05, 0) is 37.1 Å². The molecule has 0 aromatic carbocycles. The summed E-state index contributed by atoms with van der Waals surface area (Å²) in [7, 11) is 0. The van der Waals surface area contributed by atoms with Crippen LogP contribution in [0.3, 0.4) is 0 Å². The van der Waals surface area contributed by atoms with E-state index in [1.807, 2.05) is 0 Å². The zero-order valence-corrected chi connectivity index (χ0v) is 9.83. The molecule has 1 rings (SSSR count). The SMILES string of the molecule is CC(C)(CCN)C1CCCCC1.Cl. The van der Waals surface area contributed by atoms with Crippen molar-refractivity contribution in [3.63, 3.8) is 0 Å². The summed E-state index contributed by atoms with van der Waals surface area (Å²) in [4.78, 5) is 0. The molecule has 1 aliphatic rings. The van der Waals surface area contributed by atoms with E-state index in [1.165, 1.54) is 38.5 Å². The minimum Gasteiger partial charge on any atom is -0.330 e. The molecule has 0 saturated heterocycles. The predicted octanol–water partition coefficient (Wildman–Crippen LogP) is 3.36. The van der Waals surface area contributed by atoms with Gasteiger partial charge in [0.15, 0.2) is 0 Å². The van der Waals surface area contributed by atoms with Crippen LogP contribution in [0.15, 0.2) is 0 Å². The third-order valence-electron chi connectivity index (χ3n) is 3.50. The number of nitrogens with two attached hydrogens (primary N) is 1. The summed E-state index contributed by atoms with van der Waals surface area (Å²) in [5, 5.41) is 0. The maximum atomic E-state index is 5.62. The second-order valence-electron chi connectivity index (χ2n) is 4.86. The maximum Gasteiger partial charge on any atom is -0.00721 e. The van der Waals surface area contributed by atoms with Gasteiger partial charge in [-0.15, -0.1) is 12.4 Å². The Labute approximate surface area is 88.9 Å². The molecule has 1 nitrogen and oxygen atoms in total. The van der Waals surface area contributed by atoms with Crippen LogP contribution in [0, 0.1) is 11.3 Å². The van der Waals surface area contributed by atoms with Crippen LogP contribution in [0.2, 0.25) is 0 Å². The van der Waals surface area contributed by atoms with Crippen molar-refractivity contribution in [2.45, 2.75) is 52.4 Å². The van der Waals surface area contributed by atoms with Gasteiger partial charge in [0.2, 0.25) is 0 Å². The zero-order chi connectivity index (χ0) is 9.03. The quantitative estimate of drug-likeness (QED) is 0.752. The molecule has 1 aliphatic carbocycles. The van der Waals surface area contributed by atoms with Crippen LogP contribution < -0.4 is 5.73 Å². The van der Waals surface area contributed by atoms with Crippen molar-refractivity contribution in [1.82, 2.24) is 0 Å². The Kier molecular flexibility index (Phi) is 5.98. The summed E-state index contributed by atoms with van der Waals surface area (Å²) in [5.41, 5.74) is 6.12. The first-order valence-electron chi connectivity index (χ1n) is 5.37. The third kappa shape index (κ3) is 3.86. The van der Waals surface area contributed by atoms with Crippen LogP contribution in [-0.4, -0.2) is 6.54 Å². The van der Waals surface area contributed by atoms with E-state index in [9.17, 15) is 0 Å². The van der Waals surface area contributed by atoms with E-state index in [4.69, 9.17) is 5.73 Å². The highest BCUT2D eigenvalue weighted by molar-refractivity contribution is 5.85. The Morgan fingerprint density at radius 2 is 1.69 bits per heavy atom. The third-order valence-corrected chi connectivity index (χ3v) is 3.50. The van der Waals surface area contributed by atoms with Crippen LogP contribution >= 0.6 is 12.4 Å². The average Bonchev–Trinajstić information content (AvgIpc) is 2.06. The standard InChI is InChI=1S/C11H23N.ClH/c1-11(2,8-9-12)10-6-4-3-5-7-10;/h10H,3-9,12H2,1-2H3;1H. The van der Waals surface area contributed by atoms with Crippen LogP contribution in [0.25, 0.3) is 0 Å². The summed E-state index contributed by atoms with van der Waals surface area (Å²) < 4.78 is 0. The Hall–Kier alpha value is 0.250. The molecule has 0 aliphatic heterocycles. The molecule has 1 fully saturated rings. The summed E-state index contributed by atoms with van der Waals surface area (Å²) >= 11 is 0. The highest BCUT2D eigenvalue weighted by Gasteiger charge is 2.29. The molecular formula is C11H24ClN. The lowest BCUT2D eigenvalue weighted by Gasteiger charge is -2.36. The maximum absolute atomic E-state index is 5.62. The van der Waals surface area contributed by atoms with Crippen molar-refractivity contribution in [2.24, 2.45) is 17.1 Å². The molecule has 0 heterocycles. The topological polar surface area (TPSA) is 26.0 Å². The predicted molar refractivity (Wildman–Crippen MR) is 61.3 cm³/mol. The van der Waals surface area contributed by atoms with Crippen molar-refractivity contribution >= 4 is 12.4 Å². The lowest BCUT2D eigenvalue weighted by atomic mass is 9.69. The van der Waals surface area contributed by atoms with Crippen molar-refractivity contribution in [2.75, 3.05) is 6.54 Å². The molecule has 0 aromatic heterocycles. The van der Waals surface area contributed by atoms with Crippen molar-refractivity contribution in [3.8, 4) is 0 Å². The minimum absolute atomic E-state index is 0. The molecule has 0 aromatic rings. The molecule has 2 N–H and O–H groups in total. The lowest BCUT2D eigenvalue weighted by molar-refractivity contribution is 0.149.